The summed E-state index contributed by atoms with van der Waals surface area (Å²) in [5.41, 5.74) is 5.38. The molecular formula is C40H43N3O4. The van der Waals surface area contributed by atoms with Gasteiger partial charge in [-0.1, -0.05) is 92.1 Å². The van der Waals surface area contributed by atoms with Crippen molar-refractivity contribution in [2.75, 3.05) is 0 Å². The van der Waals surface area contributed by atoms with Crippen LogP contribution in [0.4, 0.5) is 4.79 Å². The van der Waals surface area contributed by atoms with Gasteiger partial charge in [0.25, 0.3) is 5.91 Å². The van der Waals surface area contributed by atoms with Crippen LogP contribution in [0, 0.1) is 0 Å². The zero-order valence-electron chi connectivity index (χ0n) is 27.5. The lowest BCUT2D eigenvalue weighted by atomic mass is 9.94. The second-order valence-electron chi connectivity index (χ2n) is 13.5. The SMILES string of the molecule is CC(C)(C)OC(=O)N(Cc1ccc(-c2ccc(CN(Cc3cccnc3)C(=O)c3cc4ccccc4o3)cc2)cc1)C1CCCCC1. The molecule has 1 aliphatic rings. The van der Waals surface area contributed by atoms with Crippen molar-refractivity contribution >= 4 is 23.0 Å². The molecule has 0 N–H and O–H groups in total. The molecule has 1 aliphatic carbocycles. The molecule has 1 saturated carbocycles. The highest BCUT2D eigenvalue weighted by molar-refractivity contribution is 5.96. The van der Waals surface area contributed by atoms with Crippen molar-refractivity contribution in [3.05, 3.63) is 126 Å². The molecule has 7 heteroatoms. The molecule has 5 aromatic rings. The summed E-state index contributed by atoms with van der Waals surface area (Å²) in [5.74, 6) is 0.152. The molecule has 0 aliphatic heterocycles. The lowest BCUT2D eigenvalue weighted by Gasteiger charge is -2.35. The largest absolute Gasteiger partial charge is 0.451 e. The van der Waals surface area contributed by atoms with Crippen LogP contribution in [-0.2, 0) is 24.4 Å². The molecule has 3 aromatic carbocycles. The summed E-state index contributed by atoms with van der Waals surface area (Å²) in [7, 11) is 0. The third-order valence-corrected chi connectivity index (χ3v) is 8.63. The number of furan rings is 1. The number of pyridine rings is 1. The van der Waals surface area contributed by atoms with Gasteiger partial charge >= 0.3 is 6.09 Å². The van der Waals surface area contributed by atoms with E-state index in [2.05, 4.69) is 53.5 Å². The number of carbonyl (C=O) groups excluding carboxylic acids is 2. The van der Waals surface area contributed by atoms with Crippen LogP contribution in [0.25, 0.3) is 22.1 Å². The molecule has 47 heavy (non-hydrogen) atoms. The van der Waals surface area contributed by atoms with Crippen molar-refractivity contribution in [1.29, 1.82) is 0 Å². The number of nitrogens with zero attached hydrogens (tertiary/aromatic N) is 3. The van der Waals surface area contributed by atoms with E-state index in [1.165, 1.54) is 6.42 Å². The Kier molecular flexibility index (Phi) is 9.71. The van der Waals surface area contributed by atoms with E-state index in [4.69, 9.17) is 9.15 Å². The third kappa shape index (κ3) is 8.28. The minimum Gasteiger partial charge on any atom is -0.451 e. The molecule has 0 radical (unpaired) electrons. The Hall–Kier alpha value is -4.91. The molecule has 0 unspecified atom stereocenters. The second kappa shape index (κ2) is 14.2. The van der Waals surface area contributed by atoms with Gasteiger partial charge in [-0.05, 0) is 79.6 Å². The zero-order chi connectivity index (χ0) is 32.8. The van der Waals surface area contributed by atoms with Crippen LogP contribution in [0.5, 0.6) is 0 Å². The van der Waals surface area contributed by atoms with Gasteiger partial charge in [-0.3, -0.25) is 9.78 Å². The molecule has 0 spiro atoms. The quantitative estimate of drug-likeness (QED) is 0.162. The van der Waals surface area contributed by atoms with Crippen molar-refractivity contribution in [3.8, 4) is 11.1 Å². The molecule has 0 bridgehead atoms. The Balaban J connectivity index is 1.16. The number of carbonyl (C=O) groups is 2. The first-order valence-corrected chi connectivity index (χ1v) is 16.6. The molecule has 2 amide bonds. The van der Waals surface area contributed by atoms with E-state index in [1.807, 2.05) is 68.1 Å². The fourth-order valence-electron chi connectivity index (χ4n) is 6.23. The van der Waals surface area contributed by atoms with E-state index < -0.39 is 5.60 Å². The predicted molar refractivity (Wildman–Crippen MR) is 185 cm³/mol. The number of ether oxygens (including phenoxy) is 1. The van der Waals surface area contributed by atoms with Crippen molar-refractivity contribution in [3.63, 3.8) is 0 Å². The number of para-hydroxylation sites is 1. The molecule has 2 aromatic heterocycles. The lowest BCUT2D eigenvalue weighted by molar-refractivity contribution is 0.00987. The lowest BCUT2D eigenvalue weighted by Crippen LogP contribution is -2.43. The summed E-state index contributed by atoms with van der Waals surface area (Å²) in [4.78, 5) is 34.9. The Morgan fingerprint density at radius 1 is 0.787 bits per heavy atom. The summed E-state index contributed by atoms with van der Waals surface area (Å²) in [6, 6.07) is 30.3. The Labute approximate surface area is 277 Å². The first-order valence-electron chi connectivity index (χ1n) is 16.6. The molecular weight excluding hydrogens is 586 g/mol. The molecule has 7 nitrogen and oxygen atoms in total. The van der Waals surface area contributed by atoms with E-state index in [-0.39, 0.29) is 18.0 Å². The van der Waals surface area contributed by atoms with E-state index in [1.54, 1.807) is 17.3 Å². The number of fused-ring (bicyclic) bond motifs is 1. The summed E-state index contributed by atoms with van der Waals surface area (Å²) in [6.45, 7) is 7.12. The monoisotopic (exact) mass is 629 g/mol. The van der Waals surface area contributed by atoms with E-state index in [0.717, 1.165) is 58.9 Å². The van der Waals surface area contributed by atoms with Crippen LogP contribution in [-0.4, -0.2) is 38.4 Å². The number of aromatic nitrogens is 1. The number of rotatable bonds is 9. The Morgan fingerprint density at radius 2 is 1.43 bits per heavy atom. The minimum atomic E-state index is -0.531. The van der Waals surface area contributed by atoms with E-state index >= 15 is 0 Å². The summed E-state index contributed by atoms with van der Waals surface area (Å²) >= 11 is 0. The van der Waals surface area contributed by atoms with Gasteiger partial charge in [0, 0.05) is 43.5 Å². The van der Waals surface area contributed by atoms with Gasteiger partial charge in [-0.25, -0.2) is 4.79 Å². The van der Waals surface area contributed by atoms with Crippen LogP contribution in [0.1, 0.15) is 80.1 Å². The van der Waals surface area contributed by atoms with Gasteiger partial charge in [0.2, 0.25) is 0 Å². The van der Waals surface area contributed by atoms with Gasteiger partial charge in [-0.15, -0.1) is 0 Å². The maximum Gasteiger partial charge on any atom is 0.410 e. The first kappa shape index (κ1) is 32.0. The van der Waals surface area contributed by atoms with Crippen LogP contribution in [0.3, 0.4) is 0 Å². The van der Waals surface area contributed by atoms with Crippen molar-refractivity contribution in [1.82, 2.24) is 14.8 Å². The summed E-state index contributed by atoms with van der Waals surface area (Å²) in [6.07, 6.45) is 8.84. The van der Waals surface area contributed by atoms with Crippen molar-refractivity contribution in [2.24, 2.45) is 0 Å². The molecule has 1 fully saturated rings. The highest BCUT2D eigenvalue weighted by Gasteiger charge is 2.29. The molecule has 242 valence electrons. The highest BCUT2D eigenvalue weighted by Crippen LogP contribution is 2.28. The maximum atomic E-state index is 13.7. The third-order valence-electron chi connectivity index (χ3n) is 8.63. The molecule has 0 saturated heterocycles. The molecule has 6 rings (SSSR count). The van der Waals surface area contributed by atoms with Gasteiger partial charge < -0.3 is 19.0 Å². The number of amides is 2. The molecule has 0 atom stereocenters. The topological polar surface area (TPSA) is 75.9 Å². The van der Waals surface area contributed by atoms with Gasteiger partial charge in [-0.2, -0.15) is 0 Å². The fraction of sp³-hybridized carbons (Fsp3) is 0.325. The standard InChI is InChI=1S/C40H43N3O4/c1-40(2,3)47-39(45)43(35-12-5-4-6-13-35)28-30-17-21-33(22-18-30)32-19-15-29(16-20-32)26-42(27-31-10-9-23-41-25-31)38(44)37-24-34-11-7-8-14-36(34)46-37/h7-11,14-25,35H,4-6,12-13,26-28H2,1-3H3. The van der Waals surface area contributed by atoms with E-state index in [0.29, 0.717) is 31.0 Å². The Bertz CT molecular complexity index is 1750. The second-order valence-corrected chi connectivity index (χ2v) is 13.5. The Morgan fingerprint density at radius 3 is 2.04 bits per heavy atom. The van der Waals surface area contributed by atoms with Crippen LogP contribution in [0.15, 0.2) is 108 Å². The number of hydrogen-bond acceptors (Lipinski definition) is 5. The summed E-state index contributed by atoms with van der Waals surface area (Å²) < 4.78 is 11.7. The van der Waals surface area contributed by atoms with Crippen molar-refractivity contribution in [2.45, 2.75) is 84.2 Å². The van der Waals surface area contributed by atoms with Gasteiger partial charge in [0.1, 0.15) is 11.2 Å². The maximum absolute atomic E-state index is 13.7. The molecule has 2 heterocycles. The number of benzene rings is 3. The normalized spacial score (nSPS) is 13.8. The van der Waals surface area contributed by atoms with Crippen molar-refractivity contribution < 1.29 is 18.7 Å². The zero-order valence-corrected chi connectivity index (χ0v) is 27.5. The fourth-order valence-corrected chi connectivity index (χ4v) is 6.23. The smallest absolute Gasteiger partial charge is 0.410 e. The highest BCUT2D eigenvalue weighted by atomic mass is 16.6. The average molecular weight is 630 g/mol. The number of hydrogen-bond donors (Lipinski definition) is 0. The van der Waals surface area contributed by atoms with Crippen LogP contribution >= 0.6 is 0 Å². The first-order chi connectivity index (χ1) is 22.7. The van der Waals surface area contributed by atoms with Crippen LogP contribution in [0.2, 0.25) is 0 Å². The van der Waals surface area contributed by atoms with Gasteiger partial charge in [0.15, 0.2) is 5.76 Å². The predicted octanol–water partition coefficient (Wildman–Crippen LogP) is 9.41. The average Bonchev–Trinajstić information content (AvgIpc) is 3.52. The van der Waals surface area contributed by atoms with Crippen LogP contribution < -0.4 is 0 Å². The van der Waals surface area contributed by atoms with Gasteiger partial charge in [0.05, 0.1) is 0 Å². The summed E-state index contributed by atoms with van der Waals surface area (Å²) in [5, 5.41) is 0.902. The minimum absolute atomic E-state index is 0.168. The van der Waals surface area contributed by atoms with E-state index in [9.17, 15) is 9.59 Å².